The van der Waals surface area contributed by atoms with Crippen LogP contribution in [0.5, 0.6) is 23.0 Å². The van der Waals surface area contributed by atoms with Crippen molar-refractivity contribution < 1.29 is 18.9 Å². The van der Waals surface area contributed by atoms with Gasteiger partial charge in [0.2, 0.25) is 0 Å². The van der Waals surface area contributed by atoms with Gasteiger partial charge in [-0.25, -0.2) is 0 Å². The Labute approximate surface area is 187 Å². The lowest BCUT2D eigenvalue weighted by atomic mass is 10.1. The van der Waals surface area contributed by atoms with E-state index in [0.29, 0.717) is 11.5 Å². The standard InChI is InChI=1S/2C14H12O2/c1-3-15-12-9-5-7-11-8-6-10-13(14(11)12)16-4-2;1-3-15-13-9-11-7-5-6-8-12(11)10-14(13)16-4-2/h2*3-10H,1-2H2. The van der Waals surface area contributed by atoms with Gasteiger partial charge in [-0.15, -0.1) is 0 Å². The van der Waals surface area contributed by atoms with Crippen LogP contribution < -0.4 is 18.9 Å². The number of ether oxygens (including phenoxy) is 4. The van der Waals surface area contributed by atoms with E-state index < -0.39 is 0 Å². The highest BCUT2D eigenvalue weighted by Gasteiger charge is 2.07. The molecule has 0 saturated carbocycles. The van der Waals surface area contributed by atoms with Gasteiger partial charge >= 0.3 is 0 Å². The van der Waals surface area contributed by atoms with Crippen molar-refractivity contribution >= 4 is 21.5 Å². The Kier molecular flexibility index (Phi) is 7.71. The van der Waals surface area contributed by atoms with E-state index in [1.165, 1.54) is 25.0 Å². The zero-order chi connectivity index (χ0) is 22.8. The number of hydrogen-bond acceptors (Lipinski definition) is 4. The molecular weight excluding hydrogens is 400 g/mol. The summed E-state index contributed by atoms with van der Waals surface area (Å²) in [6.07, 6.45) is 5.55. The summed E-state index contributed by atoms with van der Waals surface area (Å²) in [5.41, 5.74) is 0. The minimum atomic E-state index is 0.633. The summed E-state index contributed by atoms with van der Waals surface area (Å²) < 4.78 is 21.3. The van der Waals surface area contributed by atoms with Crippen LogP contribution in [-0.2, 0) is 0 Å². The molecule has 32 heavy (non-hydrogen) atoms. The van der Waals surface area contributed by atoms with Gasteiger partial charge in [0.25, 0.3) is 0 Å². The van der Waals surface area contributed by atoms with Crippen molar-refractivity contribution in [3.8, 4) is 23.0 Å². The number of rotatable bonds is 8. The van der Waals surface area contributed by atoms with Crippen LogP contribution in [0.4, 0.5) is 0 Å². The third-order valence-electron chi connectivity index (χ3n) is 4.48. The summed E-state index contributed by atoms with van der Waals surface area (Å²) >= 11 is 0. The molecule has 4 aromatic carbocycles. The van der Waals surface area contributed by atoms with E-state index in [1.54, 1.807) is 0 Å². The molecular formula is C28H24O4. The Morgan fingerprint density at radius 2 is 0.812 bits per heavy atom. The molecule has 0 radical (unpaired) electrons. The van der Waals surface area contributed by atoms with Gasteiger partial charge in [0.1, 0.15) is 11.5 Å². The summed E-state index contributed by atoms with van der Waals surface area (Å²) in [7, 11) is 0. The molecule has 0 spiro atoms. The van der Waals surface area contributed by atoms with Crippen LogP contribution in [0.2, 0.25) is 0 Å². The smallest absolute Gasteiger partial charge is 0.169 e. The fraction of sp³-hybridized carbons (Fsp3) is 0. The van der Waals surface area contributed by atoms with E-state index >= 15 is 0 Å². The number of fused-ring (bicyclic) bond motifs is 2. The van der Waals surface area contributed by atoms with Gasteiger partial charge in [-0.2, -0.15) is 0 Å². The quantitative estimate of drug-likeness (QED) is 0.271. The Bertz CT molecular complexity index is 1160. The summed E-state index contributed by atoms with van der Waals surface area (Å²) in [6, 6.07) is 23.4. The molecule has 0 aliphatic carbocycles. The third kappa shape index (κ3) is 5.18. The molecule has 160 valence electrons. The van der Waals surface area contributed by atoms with E-state index in [0.717, 1.165) is 33.0 Å². The third-order valence-corrected chi connectivity index (χ3v) is 4.48. The molecule has 4 nitrogen and oxygen atoms in total. The molecule has 0 atom stereocenters. The maximum absolute atomic E-state index is 5.36. The molecule has 4 heteroatoms. The van der Waals surface area contributed by atoms with Crippen molar-refractivity contribution in [1.82, 2.24) is 0 Å². The number of hydrogen-bond donors (Lipinski definition) is 0. The Balaban J connectivity index is 0.000000181. The molecule has 0 unspecified atom stereocenters. The summed E-state index contributed by atoms with van der Waals surface area (Å²) in [5, 5.41) is 4.16. The average Bonchev–Trinajstić information content (AvgIpc) is 2.81. The summed E-state index contributed by atoms with van der Waals surface area (Å²) in [6.45, 7) is 14.2. The highest BCUT2D eigenvalue weighted by atomic mass is 16.5. The monoisotopic (exact) mass is 424 g/mol. The Morgan fingerprint density at radius 1 is 0.438 bits per heavy atom. The minimum absolute atomic E-state index is 0.633. The number of benzene rings is 4. The van der Waals surface area contributed by atoms with Gasteiger partial charge < -0.3 is 18.9 Å². The molecule has 0 aliphatic rings. The summed E-state index contributed by atoms with van der Waals surface area (Å²) in [5.74, 6) is 2.72. The lowest BCUT2D eigenvalue weighted by molar-refractivity contribution is 0.420. The van der Waals surface area contributed by atoms with Crippen molar-refractivity contribution in [3.63, 3.8) is 0 Å². The van der Waals surface area contributed by atoms with Crippen molar-refractivity contribution in [2.45, 2.75) is 0 Å². The van der Waals surface area contributed by atoms with Gasteiger partial charge in [-0.1, -0.05) is 74.8 Å². The van der Waals surface area contributed by atoms with Crippen LogP contribution in [0.1, 0.15) is 0 Å². The van der Waals surface area contributed by atoms with Crippen molar-refractivity contribution in [1.29, 1.82) is 0 Å². The fourth-order valence-corrected chi connectivity index (χ4v) is 3.21. The van der Waals surface area contributed by atoms with E-state index in [4.69, 9.17) is 18.9 Å². The first-order chi connectivity index (χ1) is 15.7. The van der Waals surface area contributed by atoms with Crippen LogP contribution >= 0.6 is 0 Å². The normalized spacial score (nSPS) is 9.75. The second kappa shape index (κ2) is 11.1. The second-order valence-electron chi connectivity index (χ2n) is 6.39. The van der Waals surface area contributed by atoms with E-state index in [9.17, 15) is 0 Å². The summed E-state index contributed by atoms with van der Waals surface area (Å²) in [4.78, 5) is 0. The highest BCUT2D eigenvalue weighted by molar-refractivity contribution is 5.94. The van der Waals surface area contributed by atoms with E-state index in [-0.39, 0.29) is 0 Å². The Morgan fingerprint density at radius 3 is 1.22 bits per heavy atom. The molecule has 4 rings (SSSR count). The van der Waals surface area contributed by atoms with Gasteiger partial charge in [0, 0.05) is 0 Å². The molecule has 0 heterocycles. The maximum atomic E-state index is 5.36. The highest BCUT2D eigenvalue weighted by Crippen LogP contribution is 2.34. The zero-order valence-corrected chi connectivity index (χ0v) is 17.7. The first kappa shape index (κ1) is 22.2. The first-order valence-electron chi connectivity index (χ1n) is 9.86. The lowest BCUT2D eigenvalue weighted by Gasteiger charge is -2.09. The SMILES string of the molecule is C=COc1cc2ccccc2cc1OC=C.C=COc1cccc2cccc(OC=C)c12. The average molecular weight is 424 g/mol. The topological polar surface area (TPSA) is 36.9 Å². The van der Waals surface area contributed by atoms with Gasteiger partial charge in [0.05, 0.1) is 30.4 Å². The Hall–Kier alpha value is -4.44. The molecule has 0 amide bonds. The molecule has 0 aromatic heterocycles. The van der Waals surface area contributed by atoms with Crippen LogP contribution in [0.15, 0.2) is 124 Å². The predicted octanol–water partition coefficient (Wildman–Crippen LogP) is 7.77. The van der Waals surface area contributed by atoms with Crippen molar-refractivity contribution in [2.24, 2.45) is 0 Å². The van der Waals surface area contributed by atoms with Gasteiger partial charge in [0.15, 0.2) is 11.5 Å². The van der Waals surface area contributed by atoms with Crippen LogP contribution in [0.25, 0.3) is 21.5 Å². The van der Waals surface area contributed by atoms with Gasteiger partial charge in [-0.3, -0.25) is 0 Å². The molecule has 0 aliphatic heterocycles. The minimum Gasteiger partial charge on any atom is -0.465 e. The molecule has 4 aromatic rings. The zero-order valence-electron chi connectivity index (χ0n) is 17.7. The fourth-order valence-electron chi connectivity index (χ4n) is 3.21. The van der Waals surface area contributed by atoms with Crippen LogP contribution in [0.3, 0.4) is 0 Å². The van der Waals surface area contributed by atoms with Crippen molar-refractivity contribution in [2.75, 3.05) is 0 Å². The van der Waals surface area contributed by atoms with Crippen LogP contribution in [0, 0.1) is 0 Å². The first-order valence-corrected chi connectivity index (χ1v) is 9.86. The lowest BCUT2D eigenvalue weighted by Crippen LogP contribution is -1.88. The predicted molar refractivity (Wildman–Crippen MR) is 131 cm³/mol. The van der Waals surface area contributed by atoms with Crippen LogP contribution in [-0.4, -0.2) is 0 Å². The second-order valence-corrected chi connectivity index (χ2v) is 6.39. The largest absolute Gasteiger partial charge is 0.465 e. The molecule has 0 N–H and O–H groups in total. The molecule has 0 saturated heterocycles. The van der Waals surface area contributed by atoms with E-state index in [2.05, 4.69) is 26.3 Å². The molecule has 0 bridgehead atoms. The molecule has 0 fully saturated rings. The van der Waals surface area contributed by atoms with E-state index in [1.807, 2.05) is 72.8 Å². The van der Waals surface area contributed by atoms with Gasteiger partial charge in [-0.05, 0) is 40.4 Å². The van der Waals surface area contributed by atoms with Crippen molar-refractivity contribution in [3.05, 3.63) is 124 Å². The maximum Gasteiger partial charge on any atom is 0.169 e.